The molecule has 0 saturated carbocycles. The predicted octanol–water partition coefficient (Wildman–Crippen LogP) is 1.94. The molecule has 0 bridgehead atoms. The standard InChI is InChI=1S/C9H10N4S/c1-6-3-7(2)5-8(4-6)13-9(14)10-11-12-13/h3-5H,1-2H3,(H,10,12,14). The molecule has 1 heterocycles. The number of tetrazole rings is 1. The molecule has 0 amide bonds. The first-order valence-electron chi connectivity index (χ1n) is 4.25. The first kappa shape index (κ1) is 9.08. The maximum absolute atomic E-state index is 5.01. The van der Waals surface area contributed by atoms with Gasteiger partial charge >= 0.3 is 0 Å². The number of H-pyrrole nitrogens is 1. The van der Waals surface area contributed by atoms with Gasteiger partial charge in [-0.2, -0.15) is 5.21 Å². The minimum absolute atomic E-state index is 0.440. The molecule has 0 radical (unpaired) electrons. The second kappa shape index (κ2) is 3.34. The van der Waals surface area contributed by atoms with Crippen LogP contribution in [-0.2, 0) is 0 Å². The highest BCUT2D eigenvalue weighted by Gasteiger charge is 2.00. The molecular weight excluding hydrogens is 196 g/mol. The van der Waals surface area contributed by atoms with Crippen molar-refractivity contribution >= 4 is 12.2 Å². The Bertz CT molecular complexity index is 491. The van der Waals surface area contributed by atoms with Gasteiger partial charge in [0.15, 0.2) is 0 Å². The topological polar surface area (TPSA) is 46.5 Å². The summed E-state index contributed by atoms with van der Waals surface area (Å²) in [7, 11) is 0. The third kappa shape index (κ3) is 1.58. The Morgan fingerprint density at radius 2 is 1.86 bits per heavy atom. The van der Waals surface area contributed by atoms with Gasteiger partial charge in [-0.05, 0) is 49.3 Å². The molecule has 14 heavy (non-hydrogen) atoms. The third-order valence-corrected chi connectivity index (χ3v) is 2.20. The summed E-state index contributed by atoms with van der Waals surface area (Å²) in [5, 5.41) is 10.1. The van der Waals surface area contributed by atoms with E-state index in [9.17, 15) is 0 Å². The lowest BCUT2D eigenvalue weighted by molar-refractivity contribution is 0.785. The SMILES string of the molecule is Cc1cc(C)cc(-n2[nH]nnc2=S)c1. The van der Waals surface area contributed by atoms with Crippen LogP contribution in [0.5, 0.6) is 0 Å². The molecule has 1 N–H and O–H groups in total. The number of nitrogens with one attached hydrogen (secondary N) is 1. The van der Waals surface area contributed by atoms with E-state index in [4.69, 9.17) is 12.2 Å². The van der Waals surface area contributed by atoms with Gasteiger partial charge in [0.1, 0.15) is 0 Å². The highest BCUT2D eigenvalue weighted by Crippen LogP contribution is 2.12. The zero-order valence-corrected chi connectivity index (χ0v) is 8.80. The molecule has 0 fully saturated rings. The van der Waals surface area contributed by atoms with E-state index in [-0.39, 0.29) is 0 Å². The van der Waals surface area contributed by atoms with E-state index >= 15 is 0 Å². The Morgan fingerprint density at radius 1 is 1.21 bits per heavy atom. The summed E-state index contributed by atoms with van der Waals surface area (Å²) in [5.41, 5.74) is 3.35. The molecule has 4 nitrogen and oxygen atoms in total. The molecule has 1 aromatic heterocycles. The second-order valence-electron chi connectivity index (χ2n) is 3.26. The van der Waals surface area contributed by atoms with Crippen LogP contribution in [0.15, 0.2) is 18.2 Å². The molecule has 72 valence electrons. The predicted molar refractivity (Wildman–Crippen MR) is 56.0 cm³/mol. The van der Waals surface area contributed by atoms with E-state index in [1.165, 1.54) is 11.1 Å². The van der Waals surface area contributed by atoms with Crippen LogP contribution in [0, 0.1) is 18.6 Å². The average molecular weight is 206 g/mol. The van der Waals surface area contributed by atoms with Gasteiger partial charge in [0.2, 0.25) is 4.77 Å². The molecule has 0 atom stereocenters. The summed E-state index contributed by atoms with van der Waals surface area (Å²) in [5.74, 6) is 0. The molecule has 0 aliphatic carbocycles. The number of hydrogen-bond acceptors (Lipinski definition) is 3. The van der Waals surface area contributed by atoms with Gasteiger partial charge in [-0.25, -0.2) is 4.68 Å². The number of aryl methyl sites for hydroxylation is 2. The summed E-state index contributed by atoms with van der Waals surface area (Å²) in [6.45, 7) is 4.09. The number of benzene rings is 1. The fourth-order valence-electron chi connectivity index (χ4n) is 1.45. The fraction of sp³-hybridized carbons (Fsp3) is 0.222. The zero-order valence-electron chi connectivity index (χ0n) is 7.98. The lowest BCUT2D eigenvalue weighted by Gasteiger charge is -2.03. The van der Waals surface area contributed by atoms with Gasteiger partial charge < -0.3 is 0 Å². The van der Waals surface area contributed by atoms with E-state index in [2.05, 4.69) is 21.6 Å². The van der Waals surface area contributed by atoms with Crippen LogP contribution < -0.4 is 0 Å². The van der Waals surface area contributed by atoms with Crippen molar-refractivity contribution in [1.29, 1.82) is 0 Å². The van der Waals surface area contributed by atoms with Crippen LogP contribution in [0.4, 0.5) is 0 Å². The Hall–Kier alpha value is -1.49. The fourth-order valence-corrected chi connectivity index (χ4v) is 1.63. The first-order valence-corrected chi connectivity index (χ1v) is 4.66. The van der Waals surface area contributed by atoms with Crippen molar-refractivity contribution in [3.63, 3.8) is 0 Å². The van der Waals surface area contributed by atoms with Crippen molar-refractivity contribution in [3.05, 3.63) is 34.1 Å². The van der Waals surface area contributed by atoms with Crippen molar-refractivity contribution in [3.8, 4) is 5.69 Å². The van der Waals surface area contributed by atoms with E-state index < -0.39 is 0 Å². The molecule has 0 spiro atoms. The molecule has 5 heteroatoms. The van der Waals surface area contributed by atoms with E-state index in [0.29, 0.717) is 4.77 Å². The maximum atomic E-state index is 5.01. The van der Waals surface area contributed by atoms with E-state index in [0.717, 1.165) is 5.69 Å². The third-order valence-electron chi connectivity index (χ3n) is 1.94. The second-order valence-corrected chi connectivity index (χ2v) is 3.63. The minimum atomic E-state index is 0.440. The Balaban J connectivity index is 2.63. The van der Waals surface area contributed by atoms with Crippen LogP contribution in [-0.4, -0.2) is 20.2 Å². The van der Waals surface area contributed by atoms with Gasteiger partial charge in [-0.1, -0.05) is 16.4 Å². The Kier molecular flexibility index (Phi) is 2.17. The van der Waals surface area contributed by atoms with Crippen molar-refractivity contribution in [2.24, 2.45) is 0 Å². The van der Waals surface area contributed by atoms with Crippen molar-refractivity contribution in [2.75, 3.05) is 0 Å². The van der Waals surface area contributed by atoms with Crippen LogP contribution in [0.2, 0.25) is 0 Å². The number of rotatable bonds is 1. The highest BCUT2D eigenvalue weighted by molar-refractivity contribution is 7.71. The lowest BCUT2D eigenvalue weighted by Crippen LogP contribution is -1.97. The molecule has 0 aliphatic heterocycles. The molecule has 0 unspecified atom stereocenters. The van der Waals surface area contributed by atoms with E-state index in [1.54, 1.807) is 4.68 Å². The Morgan fingerprint density at radius 3 is 2.36 bits per heavy atom. The molecule has 0 aliphatic rings. The monoisotopic (exact) mass is 206 g/mol. The van der Waals surface area contributed by atoms with Gasteiger partial charge in [-0.3, -0.25) is 0 Å². The van der Waals surface area contributed by atoms with Gasteiger partial charge in [0.05, 0.1) is 5.69 Å². The average Bonchev–Trinajstić information content (AvgIpc) is 2.49. The minimum Gasteiger partial charge on any atom is -0.210 e. The summed E-state index contributed by atoms with van der Waals surface area (Å²) >= 11 is 5.01. The normalized spacial score (nSPS) is 10.4. The van der Waals surface area contributed by atoms with Crippen molar-refractivity contribution < 1.29 is 0 Å². The highest BCUT2D eigenvalue weighted by atomic mass is 32.1. The van der Waals surface area contributed by atoms with Crippen LogP contribution in [0.3, 0.4) is 0 Å². The molecule has 2 aromatic rings. The molecular formula is C9H10N4S. The number of hydrogen-bond donors (Lipinski definition) is 1. The maximum Gasteiger partial charge on any atom is 0.242 e. The summed E-state index contributed by atoms with van der Waals surface area (Å²) in [6, 6.07) is 6.17. The molecule has 2 rings (SSSR count). The van der Waals surface area contributed by atoms with Crippen LogP contribution >= 0.6 is 12.2 Å². The quantitative estimate of drug-likeness (QED) is 0.725. The smallest absolute Gasteiger partial charge is 0.210 e. The summed E-state index contributed by atoms with van der Waals surface area (Å²) < 4.78 is 2.12. The zero-order chi connectivity index (χ0) is 10.1. The first-order chi connectivity index (χ1) is 6.66. The lowest BCUT2D eigenvalue weighted by atomic mass is 10.1. The summed E-state index contributed by atoms with van der Waals surface area (Å²) in [6.07, 6.45) is 0. The largest absolute Gasteiger partial charge is 0.242 e. The Labute approximate surface area is 86.6 Å². The summed E-state index contributed by atoms with van der Waals surface area (Å²) in [4.78, 5) is 0. The number of aromatic amines is 1. The van der Waals surface area contributed by atoms with E-state index in [1.807, 2.05) is 26.0 Å². The molecule has 1 aromatic carbocycles. The molecule has 0 saturated heterocycles. The van der Waals surface area contributed by atoms with Gasteiger partial charge in [-0.15, -0.1) is 0 Å². The van der Waals surface area contributed by atoms with Crippen molar-refractivity contribution in [1.82, 2.24) is 20.2 Å². The van der Waals surface area contributed by atoms with Gasteiger partial charge in [0.25, 0.3) is 0 Å². The van der Waals surface area contributed by atoms with Crippen LogP contribution in [0.1, 0.15) is 11.1 Å². The number of nitrogens with zero attached hydrogens (tertiary/aromatic N) is 3. The van der Waals surface area contributed by atoms with Gasteiger partial charge in [0, 0.05) is 0 Å². The van der Waals surface area contributed by atoms with Crippen LogP contribution in [0.25, 0.3) is 5.69 Å². The van der Waals surface area contributed by atoms with Crippen molar-refractivity contribution in [2.45, 2.75) is 13.8 Å². The number of aromatic nitrogens is 4.